The number of aryl methyl sites for hydroxylation is 1. The fraction of sp³-hybridized carbons (Fsp3) is 0.125. The van der Waals surface area contributed by atoms with Crippen molar-refractivity contribution in [3.8, 4) is 0 Å². The average molecular weight is 338 g/mol. The first-order chi connectivity index (χ1) is 11.8. The van der Waals surface area contributed by atoms with Crippen LogP contribution in [-0.4, -0.2) is 36.5 Å². The standard InChI is InChI=1S/C16H14N6OS/c17-16-20-14-13(18-9-19-14)15(21-16)24-6-5-22-7-10(8-23)11-3-1-2-4-12(11)22/h1-4,7-9H,5-6H2,(H3,17,18,19,20,21). The molecule has 3 N–H and O–H groups in total. The van der Waals surface area contributed by atoms with Gasteiger partial charge in [0.25, 0.3) is 0 Å². The molecule has 4 rings (SSSR count). The van der Waals surface area contributed by atoms with Gasteiger partial charge in [-0.3, -0.25) is 4.79 Å². The van der Waals surface area contributed by atoms with Crippen LogP contribution in [0.1, 0.15) is 10.4 Å². The number of hydrogen-bond acceptors (Lipinski definition) is 6. The van der Waals surface area contributed by atoms with Crippen LogP contribution in [0.4, 0.5) is 5.95 Å². The zero-order valence-corrected chi connectivity index (χ0v) is 13.5. The van der Waals surface area contributed by atoms with Crippen LogP contribution in [0.5, 0.6) is 0 Å². The molecule has 3 heterocycles. The van der Waals surface area contributed by atoms with E-state index in [9.17, 15) is 4.79 Å². The molecule has 4 aromatic rings. The zero-order valence-electron chi connectivity index (χ0n) is 12.6. The van der Waals surface area contributed by atoms with Crippen LogP contribution < -0.4 is 5.73 Å². The van der Waals surface area contributed by atoms with Gasteiger partial charge in [-0.05, 0) is 6.07 Å². The fourth-order valence-corrected chi connectivity index (χ4v) is 3.66. The second-order valence-electron chi connectivity index (χ2n) is 5.25. The highest BCUT2D eigenvalue weighted by atomic mass is 32.2. The third-order valence-corrected chi connectivity index (χ3v) is 4.74. The van der Waals surface area contributed by atoms with E-state index in [1.165, 1.54) is 0 Å². The molecule has 0 radical (unpaired) electrons. The number of H-pyrrole nitrogens is 1. The van der Waals surface area contributed by atoms with Crippen molar-refractivity contribution in [2.75, 3.05) is 11.5 Å². The van der Waals surface area contributed by atoms with E-state index in [0.29, 0.717) is 11.2 Å². The Morgan fingerprint density at radius 2 is 2.17 bits per heavy atom. The smallest absolute Gasteiger partial charge is 0.223 e. The number of fused-ring (bicyclic) bond motifs is 2. The van der Waals surface area contributed by atoms with E-state index in [4.69, 9.17) is 5.73 Å². The summed E-state index contributed by atoms with van der Waals surface area (Å²) >= 11 is 1.58. The molecule has 120 valence electrons. The molecule has 0 saturated heterocycles. The molecule has 8 heteroatoms. The van der Waals surface area contributed by atoms with Gasteiger partial charge in [0.05, 0.1) is 6.33 Å². The number of imidazole rings is 1. The van der Waals surface area contributed by atoms with Crippen molar-refractivity contribution in [2.45, 2.75) is 11.6 Å². The van der Waals surface area contributed by atoms with Crippen molar-refractivity contribution >= 4 is 46.1 Å². The van der Waals surface area contributed by atoms with Crippen LogP contribution in [0.2, 0.25) is 0 Å². The van der Waals surface area contributed by atoms with E-state index in [1.54, 1.807) is 18.1 Å². The number of nitrogens with one attached hydrogen (secondary N) is 1. The summed E-state index contributed by atoms with van der Waals surface area (Å²) in [6.07, 6.45) is 4.36. The molecule has 3 aromatic heterocycles. The number of thioether (sulfide) groups is 1. The highest BCUT2D eigenvalue weighted by Crippen LogP contribution is 2.25. The first-order valence-corrected chi connectivity index (χ1v) is 8.37. The lowest BCUT2D eigenvalue weighted by Crippen LogP contribution is -2.01. The van der Waals surface area contributed by atoms with Gasteiger partial charge in [0.1, 0.15) is 10.5 Å². The Hall–Kier alpha value is -2.87. The number of benzene rings is 1. The first-order valence-electron chi connectivity index (χ1n) is 7.38. The van der Waals surface area contributed by atoms with E-state index >= 15 is 0 Å². The molecule has 0 aliphatic carbocycles. The summed E-state index contributed by atoms with van der Waals surface area (Å²) in [6.45, 7) is 0.749. The number of aldehydes is 1. The molecular formula is C16H14N6OS. The third kappa shape index (κ3) is 2.50. The fourth-order valence-electron chi connectivity index (χ4n) is 2.72. The Kier molecular flexibility index (Phi) is 3.66. The monoisotopic (exact) mass is 338 g/mol. The number of rotatable bonds is 5. The van der Waals surface area contributed by atoms with Crippen LogP contribution in [0.25, 0.3) is 22.1 Å². The van der Waals surface area contributed by atoms with Gasteiger partial charge in [-0.25, -0.2) is 9.97 Å². The zero-order chi connectivity index (χ0) is 16.5. The van der Waals surface area contributed by atoms with Gasteiger partial charge in [-0.15, -0.1) is 11.8 Å². The summed E-state index contributed by atoms with van der Waals surface area (Å²) in [4.78, 5) is 26.7. The number of hydrogen-bond donors (Lipinski definition) is 2. The lowest BCUT2D eigenvalue weighted by atomic mass is 10.2. The molecule has 0 saturated carbocycles. The van der Waals surface area contributed by atoms with Crippen molar-refractivity contribution < 1.29 is 4.79 Å². The van der Waals surface area contributed by atoms with Crippen molar-refractivity contribution in [1.29, 1.82) is 0 Å². The number of aromatic nitrogens is 5. The van der Waals surface area contributed by atoms with Crippen LogP contribution in [0.15, 0.2) is 41.8 Å². The van der Waals surface area contributed by atoms with Crippen molar-refractivity contribution in [3.05, 3.63) is 42.4 Å². The van der Waals surface area contributed by atoms with Gasteiger partial charge >= 0.3 is 0 Å². The topological polar surface area (TPSA) is 102 Å². The molecule has 0 unspecified atom stereocenters. The van der Waals surface area contributed by atoms with Crippen LogP contribution in [0, 0.1) is 0 Å². The van der Waals surface area contributed by atoms with E-state index in [2.05, 4.69) is 24.5 Å². The Morgan fingerprint density at radius 3 is 3.04 bits per heavy atom. The van der Waals surface area contributed by atoms with Gasteiger partial charge in [0.15, 0.2) is 11.9 Å². The Labute approximate surface area is 141 Å². The minimum absolute atomic E-state index is 0.215. The molecule has 24 heavy (non-hydrogen) atoms. The Morgan fingerprint density at radius 1 is 1.29 bits per heavy atom. The molecule has 0 amide bonds. The summed E-state index contributed by atoms with van der Waals surface area (Å²) in [5.41, 5.74) is 8.85. The van der Waals surface area contributed by atoms with Crippen molar-refractivity contribution in [3.63, 3.8) is 0 Å². The number of nitrogen functional groups attached to an aromatic ring is 1. The average Bonchev–Trinajstić information content (AvgIpc) is 3.19. The first kappa shape index (κ1) is 14.7. The van der Waals surface area contributed by atoms with Gasteiger partial charge in [-0.1, -0.05) is 18.2 Å². The molecule has 0 spiro atoms. The normalized spacial score (nSPS) is 11.3. The maximum atomic E-state index is 11.2. The number of nitrogens with zero attached hydrogens (tertiary/aromatic N) is 4. The van der Waals surface area contributed by atoms with E-state index in [0.717, 1.165) is 40.0 Å². The maximum absolute atomic E-state index is 11.2. The minimum atomic E-state index is 0.215. The second-order valence-corrected chi connectivity index (χ2v) is 6.33. The quantitative estimate of drug-likeness (QED) is 0.329. The lowest BCUT2D eigenvalue weighted by Gasteiger charge is -2.06. The number of carbonyl (C=O) groups excluding carboxylic acids is 1. The predicted molar refractivity (Wildman–Crippen MR) is 94.1 cm³/mol. The molecular weight excluding hydrogens is 324 g/mol. The molecule has 7 nitrogen and oxygen atoms in total. The van der Waals surface area contributed by atoms with Crippen LogP contribution in [-0.2, 0) is 6.54 Å². The summed E-state index contributed by atoms with van der Waals surface area (Å²) in [5, 5.41) is 1.75. The molecule has 1 aromatic carbocycles. The van der Waals surface area contributed by atoms with Gasteiger partial charge < -0.3 is 15.3 Å². The number of anilines is 1. The molecule has 0 fully saturated rings. The molecule has 0 aliphatic heterocycles. The molecule has 0 bridgehead atoms. The summed E-state index contributed by atoms with van der Waals surface area (Å²) < 4.78 is 2.08. The SMILES string of the molecule is Nc1nc(SCCn2cc(C=O)c3ccccc32)c2[nH]cnc2n1. The highest BCUT2D eigenvalue weighted by molar-refractivity contribution is 7.99. The van der Waals surface area contributed by atoms with Gasteiger partial charge in [0, 0.05) is 35.0 Å². The number of nitrogens with two attached hydrogens (primary N) is 1. The molecule has 0 aliphatic rings. The summed E-state index contributed by atoms with van der Waals surface area (Å²) in [7, 11) is 0. The van der Waals surface area contributed by atoms with E-state index in [-0.39, 0.29) is 5.95 Å². The largest absolute Gasteiger partial charge is 0.368 e. The number of aromatic amines is 1. The van der Waals surface area contributed by atoms with Crippen molar-refractivity contribution in [2.24, 2.45) is 0 Å². The third-order valence-electron chi connectivity index (χ3n) is 3.79. The van der Waals surface area contributed by atoms with Crippen molar-refractivity contribution in [1.82, 2.24) is 24.5 Å². The Bertz CT molecular complexity index is 1040. The second kappa shape index (κ2) is 5.97. The highest BCUT2D eigenvalue weighted by Gasteiger charge is 2.10. The number of carbonyl (C=O) groups is 1. The Balaban J connectivity index is 1.57. The molecule has 0 atom stereocenters. The van der Waals surface area contributed by atoms with E-state index < -0.39 is 0 Å². The van der Waals surface area contributed by atoms with Gasteiger partial charge in [-0.2, -0.15) is 4.98 Å². The summed E-state index contributed by atoms with van der Waals surface area (Å²) in [5.74, 6) is 0.994. The maximum Gasteiger partial charge on any atom is 0.223 e. The number of para-hydroxylation sites is 1. The van der Waals surface area contributed by atoms with E-state index in [1.807, 2.05) is 30.5 Å². The minimum Gasteiger partial charge on any atom is -0.368 e. The van der Waals surface area contributed by atoms with Crippen LogP contribution in [0.3, 0.4) is 0 Å². The van der Waals surface area contributed by atoms with Gasteiger partial charge in [0.2, 0.25) is 5.95 Å². The lowest BCUT2D eigenvalue weighted by molar-refractivity contribution is 0.112. The van der Waals surface area contributed by atoms with Crippen LogP contribution >= 0.6 is 11.8 Å². The summed E-state index contributed by atoms with van der Waals surface area (Å²) in [6, 6.07) is 7.89. The predicted octanol–water partition coefficient (Wildman–Crippen LogP) is 2.49.